The number of hydrogen-bond donors (Lipinski definition) is 4. The van der Waals surface area contributed by atoms with E-state index in [0.717, 1.165) is 27.8 Å². The Balaban J connectivity index is 1.40. The highest BCUT2D eigenvalue weighted by Gasteiger charge is 2.31. The smallest absolute Gasteiger partial charge is 0.407 e. The average molecular weight is 533 g/mol. The van der Waals surface area contributed by atoms with E-state index < -0.39 is 36.2 Å². The molecule has 3 aromatic carbocycles. The van der Waals surface area contributed by atoms with E-state index in [1.54, 1.807) is 6.92 Å². The van der Waals surface area contributed by atoms with Gasteiger partial charge in [-0.1, -0.05) is 78.9 Å². The molecule has 0 spiro atoms. The molecule has 0 heterocycles. The number of ether oxygens (including phenoxy) is 2. The molecular formula is C30H32N2O7. The summed E-state index contributed by atoms with van der Waals surface area (Å²) in [6, 6.07) is 24.2. The third kappa shape index (κ3) is 7.01. The molecule has 3 aromatic rings. The number of alkyl carbamates (subject to hydrolysis) is 1. The maximum atomic E-state index is 13.0. The zero-order valence-electron chi connectivity index (χ0n) is 21.6. The van der Waals surface area contributed by atoms with E-state index in [-0.39, 0.29) is 32.1 Å². The lowest BCUT2D eigenvalue weighted by Crippen LogP contribution is -2.53. The fourth-order valence-corrected chi connectivity index (χ4v) is 4.63. The Morgan fingerprint density at radius 3 is 2.10 bits per heavy atom. The summed E-state index contributed by atoms with van der Waals surface area (Å²) in [5.41, 5.74) is 5.24. The van der Waals surface area contributed by atoms with E-state index in [1.807, 2.05) is 78.9 Å². The summed E-state index contributed by atoms with van der Waals surface area (Å²) in [5.74, 6) is -2.10. The van der Waals surface area contributed by atoms with Gasteiger partial charge in [0.25, 0.3) is 0 Å². The molecule has 9 nitrogen and oxygen atoms in total. The van der Waals surface area contributed by atoms with Crippen molar-refractivity contribution in [2.75, 3.05) is 13.2 Å². The van der Waals surface area contributed by atoms with Crippen molar-refractivity contribution >= 4 is 18.0 Å². The molecular weight excluding hydrogens is 500 g/mol. The second-order valence-corrected chi connectivity index (χ2v) is 9.38. The van der Waals surface area contributed by atoms with E-state index in [0.29, 0.717) is 0 Å². The molecule has 1 aliphatic carbocycles. The largest absolute Gasteiger partial charge is 0.479 e. The van der Waals surface area contributed by atoms with E-state index in [1.165, 1.54) is 0 Å². The Labute approximate surface area is 226 Å². The third-order valence-corrected chi connectivity index (χ3v) is 6.73. The number of carboxylic acid groups (broad SMARTS) is 1. The van der Waals surface area contributed by atoms with Crippen molar-refractivity contribution in [3.05, 3.63) is 95.6 Å². The molecule has 0 saturated carbocycles. The number of fused-ring (bicyclic) bond motifs is 3. The number of rotatable bonds is 12. The highest BCUT2D eigenvalue weighted by Crippen LogP contribution is 2.44. The Morgan fingerprint density at radius 1 is 0.897 bits per heavy atom. The van der Waals surface area contributed by atoms with Gasteiger partial charge < -0.3 is 30.3 Å². The van der Waals surface area contributed by atoms with E-state index in [2.05, 4.69) is 10.6 Å². The number of aliphatic hydroxyl groups is 1. The van der Waals surface area contributed by atoms with Gasteiger partial charge in [-0.15, -0.1) is 0 Å². The van der Waals surface area contributed by atoms with Gasteiger partial charge in [0, 0.05) is 18.9 Å². The molecule has 0 saturated heterocycles. The first-order chi connectivity index (χ1) is 18.8. The topological polar surface area (TPSA) is 134 Å². The quantitative estimate of drug-likeness (QED) is 0.281. The molecule has 3 unspecified atom stereocenters. The molecule has 1 aliphatic rings. The number of carboxylic acids is 1. The monoisotopic (exact) mass is 532 g/mol. The van der Waals surface area contributed by atoms with Crippen LogP contribution in [0.1, 0.15) is 36.0 Å². The first kappa shape index (κ1) is 27.8. The van der Waals surface area contributed by atoms with Gasteiger partial charge in [-0.25, -0.2) is 9.59 Å². The number of aliphatic hydroxyl groups excluding tert-OH is 1. The van der Waals surface area contributed by atoms with Crippen LogP contribution in [0.4, 0.5) is 4.79 Å². The number of aliphatic carboxylic acids is 1. The Kier molecular flexibility index (Phi) is 9.30. The minimum atomic E-state index is -1.61. The summed E-state index contributed by atoms with van der Waals surface area (Å²) >= 11 is 0. The summed E-state index contributed by atoms with van der Waals surface area (Å²) in [5, 5.41) is 23.5. The van der Waals surface area contributed by atoms with Crippen molar-refractivity contribution in [1.29, 1.82) is 0 Å². The van der Waals surface area contributed by atoms with Crippen LogP contribution < -0.4 is 10.6 Å². The molecule has 9 heteroatoms. The fourth-order valence-electron chi connectivity index (χ4n) is 4.63. The molecule has 2 amide bonds. The third-order valence-electron chi connectivity index (χ3n) is 6.73. The van der Waals surface area contributed by atoms with Crippen molar-refractivity contribution in [2.45, 2.75) is 44.1 Å². The minimum Gasteiger partial charge on any atom is -0.479 e. The van der Waals surface area contributed by atoms with Gasteiger partial charge in [-0.05, 0) is 34.7 Å². The number of nitrogens with one attached hydrogen (secondary N) is 2. The molecule has 4 N–H and O–H groups in total. The van der Waals surface area contributed by atoms with Gasteiger partial charge in [0.05, 0.1) is 12.7 Å². The van der Waals surface area contributed by atoms with Crippen LogP contribution in [-0.2, 0) is 25.7 Å². The zero-order valence-corrected chi connectivity index (χ0v) is 21.6. The number of benzene rings is 3. The lowest BCUT2D eigenvalue weighted by atomic mass is 9.98. The maximum Gasteiger partial charge on any atom is 0.407 e. The van der Waals surface area contributed by atoms with Crippen molar-refractivity contribution < 1.29 is 34.1 Å². The van der Waals surface area contributed by atoms with Crippen LogP contribution in [-0.4, -0.2) is 59.6 Å². The fraction of sp³-hybridized carbons (Fsp3) is 0.300. The van der Waals surface area contributed by atoms with Gasteiger partial charge in [0.15, 0.2) is 6.10 Å². The molecule has 0 fully saturated rings. The lowest BCUT2D eigenvalue weighted by molar-refractivity contribution is -0.147. The standard InChI is InChI=1S/C30H32N2O7/c1-19(38-17-20-9-3-2-4-10-20)27(28(34)31-16-15-26(33)29(35)36)32-30(37)39-18-25-23-13-7-5-11-21(23)22-12-6-8-14-24(22)25/h2-14,19,25-27,33H,15-18H2,1H3,(H,31,34)(H,32,37)(H,35,36). The van der Waals surface area contributed by atoms with Gasteiger partial charge in [-0.3, -0.25) is 4.79 Å². The predicted molar refractivity (Wildman–Crippen MR) is 144 cm³/mol. The van der Waals surface area contributed by atoms with E-state index >= 15 is 0 Å². The minimum absolute atomic E-state index is 0.0816. The summed E-state index contributed by atoms with van der Waals surface area (Å²) in [6.07, 6.45) is -3.31. The van der Waals surface area contributed by atoms with Crippen LogP contribution in [0.25, 0.3) is 11.1 Å². The van der Waals surface area contributed by atoms with Gasteiger partial charge >= 0.3 is 12.1 Å². The first-order valence-corrected chi connectivity index (χ1v) is 12.8. The number of amides is 2. The number of hydrogen-bond acceptors (Lipinski definition) is 6. The van der Waals surface area contributed by atoms with Crippen molar-refractivity contribution in [1.82, 2.24) is 10.6 Å². The van der Waals surface area contributed by atoms with Crippen molar-refractivity contribution in [2.24, 2.45) is 0 Å². The van der Waals surface area contributed by atoms with Crippen molar-refractivity contribution in [3.8, 4) is 11.1 Å². The molecule has 3 atom stereocenters. The summed E-state index contributed by atoms with van der Waals surface area (Å²) in [7, 11) is 0. The predicted octanol–water partition coefficient (Wildman–Crippen LogP) is 3.45. The highest BCUT2D eigenvalue weighted by atomic mass is 16.5. The van der Waals surface area contributed by atoms with Gasteiger partial charge in [0.2, 0.25) is 5.91 Å². The number of carbonyl (C=O) groups is 3. The Bertz CT molecular complexity index is 1250. The first-order valence-electron chi connectivity index (χ1n) is 12.8. The van der Waals surface area contributed by atoms with E-state index in [4.69, 9.17) is 14.6 Å². The van der Waals surface area contributed by atoms with Gasteiger partial charge in [0.1, 0.15) is 12.6 Å². The van der Waals surface area contributed by atoms with Crippen LogP contribution in [0.15, 0.2) is 78.9 Å². The van der Waals surface area contributed by atoms with Crippen molar-refractivity contribution in [3.63, 3.8) is 0 Å². The zero-order chi connectivity index (χ0) is 27.8. The molecule has 0 aliphatic heterocycles. The van der Waals surface area contributed by atoms with Crippen LogP contribution in [0.2, 0.25) is 0 Å². The van der Waals surface area contributed by atoms with Crippen LogP contribution in [0.3, 0.4) is 0 Å². The molecule has 4 rings (SSSR count). The average Bonchev–Trinajstić information content (AvgIpc) is 3.27. The van der Waals surface area contributed by atoms with Crippen LogP contribution in [0, 0.1) is 0 Å². The summed E-state index contributed by atoms with van der Waals surface area (Å²) in [6.45, 7) is 1.86. The lowest BCUT2D eigenvalue weighted by Gasteiger charge is -2.25. The summed E-state index contributed by atoms with van der Waals surface area (Å²) < 4.78 is 11.5. The summed E-state index contributed by atoms with van der Waals surface area (Å²) in [4.78, 5) is 36.7. The van der Waals surface area contributed by atoms with Crippen LogP contribution >= 0.6 is 0 Å². The normalized spacial score (nSPS) is 14.4. The Morgan fingerprint density at radius 2 is 1.49 bits per heavy atom. The second-order valence-electron chi connectivity index (χ2n) is 9.38. The molecule has 0 radical (unpaired) electrons. The SMILES string of the molecule is CC(OCc1ccccc1)C(NC(=O)OCC1c2ccccc2-c2ccccc21)C(=O)NCCC(O)C(=O)O. The Hall–Kier alpha value is -4.21. The molecule has 0 bridgehead atoms. The number of carbonyl (C=O) groups excluding carboxylic acids is 2. The second kappa shape index (κ2) is 13.0. The molecule has 39 heavy (non-hydrogen) atoms. The molecule has 0 aromatic heterocycles. The highest BCUT2D eigenvalue weighted by molar-refractivity contribution is 5.86. The molecule has 204 valence electrons. The maximum absolute atomic E-state index is 13.0. The van der Waals surface area contributed by atoms with Gasteiger partial charge in [-0.2, -0.15) is 0 Å². The van der Waals surface area contributed by atoms with Crippen LogP contribution in [0.5, 0.6) is 0 Å². The van der Waals surface area contributed by atoms with E-state index in [9.17, 15) is 19.5 Å².